The summed E-state index contributed by atoms with van der Waals surface area (Å²) in [6, 6.07) is 18.5. The Morgan fingerprint density at radius 3 is 1.15 bits per heavy atom. The molecule has 0 saturated carbocycles. The zero-order valence-corrected chi connectivity index (χ0v) is 34.6. The van der Waals surface area contributed by atoms with Crippen LogP contribution in [0.3, 0.4) is 0 Å². The molecule has 0 saturated heterocycles. The second kappa shape index (κ2) is 18.1. The van der Waals surface area contributed by atoms with Crippen molar-refractivity contribution in [1.29, 1.82) is 0 Å². The summed E-state index contributed by atoms with van der Waals surface area (Å²) in [5.74, 6) is -5.91. The van der Waals surface area contributed by atoms with Gasteiger partial charge in [0.1, 0.15) is 23.0 Å². The number of carboxylic acids is 2. The van der Waals surface area contributed by atoms with Crippen LogP contribution in [-0.2, 0) is 9.59 Å². The Balaban J connectivity index is 0.000000228. The summed E-state index contributed by atoms with van der Waals surface area (Å²) in [5.41, 5.74) is 16.7. The molecule has 0 unspecified atom stereocenters. The summed E-state index contributed by atoms with van der Waals surface area (Å²) in [5, 5.41) is 18.8. The van der Waals surface area contributed by atoms with Gasteiger partial charge in [0.15, 0.2) is 0 Å². The highest BCUT2D eigenvalue weighted by Crippen LogP contribution is 2.36. The molecule has 0 aliphatic heterocycles. The van der Waals surface area contributed by atoms with Gasteiger partial charge < -0.3 is 21.7 Å². The van der Waals surface area contributed by atoms with Crippen LogP contribution >= 0.6 is 23.2 Å². The molecule has 0 spiro atoms. The molecule has 2 aromatic heterocycles. The molecule has 0 aliphatic carbocycles. The molecule has 6 rings (SSSR count). The fourth-order valence-electron chi connectivity index (χ4n) is 6.36. The van der Waals surface area contributed by atoms with Crippen LogP contribution < -0.4 is 11.5 Å². The van der Waals surface area contributed by atoms with Gasteiger partial charge in [-0.2, -0.15) is 0 Å². The molecule has 6 N–H and O–H groups in total. The first-order chi connectivity index (χ1) is 28.2. The van der Waals surface area contributed by atoms with Gasteiger partial charge in [0.05, 0.1) is 46.0 Å². The molecule has 0 fully saturated rings. The largest absolute Gasteiger partial charge is 0.481 e. The molecule has 6 aromatic rings. The number of carboxylic acid groups (broad SMARTS) is 2. The van der Waals surface area contributed by atoms with Crippen LogP contribution in [-0.4, -0.2) is 53.9 Å². The Morgan fingerprint density at radius 2 is 0.867 bits per heavy atom. The van der Waals surface area contributed by atoms with E-state index < -0.39 is 47.2 Å². The van der Waals surface area contributed by atoms with E-state index in [0.717, 1.165) is 0 Å². The number of nitrogens with zero attached hydrogens (tertiary/aromatic N) is 4. The second-order valence-electron chi connectivity index (χ2n) is 13.9. The van der Waals surface area contributed by atoms with Crippen LogP contribution in [0.2, 0.25) is 10.0 Å². The van der Waals surface area contributed by atoms with E-state index in [1.165, 1.54) is 24.3 Å². The topological polar surface area (TPSA) is 212 Å². The Labute approximate surface area is 353 Å². The number of hydrogen-bond acceptors (Lipinski definition) is 8. The van der Waals surface area contributed by atoms with Gasteiger partial charge in [0.25, 0.3) is 11.8 Å². The Bertz CT molecular complexity index is 2550. The number of carbonyl (C=O) groups excluding carboxylic acids is 2. The van der Waals surface area contributed by atoms with Crippen molar-refractivity contribution in [2.45, 2.75) is 53.4 Å². The van der Waals surface area contributed by atoms with E-state index >= 15 is 0 Å². The van der Waals surface area contributed by atoms with Crippen molar-refractivity contribution in [1.82, 2.24) is 19.9 Å². The van der Waals surface area contributed by atoms with Crippen molar-refractivity contribution < 1.29 is 38.2 Å². The number of nitrogens with two attached hydrogens (primary N) is 2. The monoisotopic (exact) mass is 854 g/mol. The number of halogens is 4. The number of hydrogen-bond donors (Lipinski definition) is 4. The summed E-state index contributed by atoms with van der Waals surface area (Å²) >= 11 is 12.6. The maximum absolute atomic E-state index is 15.0. The number of amides is 2. The third-order valence-electron chi connectivity index (χ3n) is 9.75. The molecule has 2 amide bonds. The summed E-state index contributed by atoms with van der Waals surface area (Å²) in [4.78, 5) is 62.6. The number of benzene rings is 4. The highest BCUT2D eigenvalue weighted by atomic mass is 35.5. The summed E-state index contributed by atoms with van der Waals surface area (Å²) in [7, 11) is 0. The highest BCUT2D eigenvalue weighted by molar-refractivity contribution is 6.33. The Morgan fingerprint density at radius 1 is 0.533 bits per heavy atom. The molecule has 16 heteroatoms. The Kier molecular flexibility index (Phi) is 13.4. The van der Waals surface area contributed by atoms with Gasteiger partial charge in [-0.25, -0.2) is 18.7 Å². The smallest absolute Gasteiger partial charge is 0.310 e. The predicted molar refractivity (Wildman–Crippen MR) is 224 cm³/mol. The normalized spacial score (nSPS) is 11.9. The zero-order chi connectivity index (χ0) is 44.3. The molecule has 60 heavy (non-hydrogen) atoms. The van der Waals surface area contributed by atoms with Crippen LogP contribution in [0.5, 0.6) is 0 Å². The molecule has 12 nitrogen and oxygen atoms in total. The lowest BCUT2D eigenvalue weighted by molar-refractivity contribution is -0.139. The van der Waals surface area contributed by atoms with Gasteiger partial charge in [-0.05, 0) is 76.9 Å². The molecular formula is C44H38Cl2F2N6O6. The molecule has 2 atom stereocenters. The number of aryl methyl sites for hydroxylation is 4. The van der Waals surface area contributed by atoms with Gasteiger partial charge in [-0.15, -0.1) is 0 Å². The lowest BCUT2D eigenvalue weighted by atomic mass is 9.96. The summed E-state index contributed by atoms with van der Waals surface area (Å²) in [6.07, 6.45) is 0. The molecule has 0 radical (unpaired) electrons. The van der Waals surface area contributed by atoms with E-state index in [4.69, 9.17) is 44.9 Å². The predicted octanol–water partition coefficient (Wildman–Crippen LogP) is 9.01. The van der Waals surface area contributed by atoms with Crippen molar-refractivity contribution in [2.75, 3.05) is 0 Å². The maximum atomic E-state index is 15.0. The number of aromatic nitrogens is 4. The van der Waals surface area contributed by atoms with Crippen LogP contribution in [0, 0.1) is 39.3 Å². The van der Waals surface area contributed by atoms with E-state index in [-0.39, 0.29) is 32.6 Å². The third kappa shape index (κ3) is 9.46. The van der Waals surface area contributed by atoms with E-state index in [1.54, 1.807) is 90.1 Å². The molecule has 308 valence electrons. The first-order valence-corrected chi connectivity index (χ1v) is 18.9. The molecule has 2 heterocycles. The lowest BCUT2D eigenvalue weighted by Crippen LogP contribution is -2.17. The maximum Gasteiger partial charge on any atom is 0.310 e. The van der Waals surface area contributed by atoms with E-state index in [0.29, 0.717) is 67.5 Å². The van der Waals surface area contributed by atoms with E-state index in [2.05, 4.69) is 19.9 Å². The van der Waals surface area contributed by atoms with Gasteiger partial charge in [-0.1, -0.05) is 71.7 Å². The molecule has 4 aromatic carbocycles. The third-order valence-corrected chi connectivity index (χ3v) is 10.4. The van der Waals surface area contributed by atoms with E-state index in [9.17, 15) is 28.0 Å². The van der Waals surface area contributed by atoms with Crippen molar-refractivity contribution >= 4 is 47.0 Å². The molecule has 0 aliphatic rings. The van der Waals surface area contributed by atoms with Gasteiger partial charge in [0, 0.05) is 43.4 Å². The van der Waals surface area contributed by atoms with Crippen molar-refractivity contribution in [3.05, 3.63) is 140 Å². The molecule has 0 bridgehead atoms. The SMILES string of the molecule is Cc1nc(C)c(-c2ccc(-c3ccc([C@@H](C)C(=O)O)cc3Cl)c(F)c2)nc1C(N)=O.Cc1nc(C)c(-c2ccc(-c3ccc([C@H](C)C(=O)O)cc3Cl)c(F)c2)nc1C(N)=O. The standard InChI is InChI=1S/2C22H19ClFN3O3/c2*1-10(22(29)30)13-4-6-15(17(23)8-13)16-7-5-14(9-18(16)24)19-11(2)26-12(3)20(27-19)21(25)28/h2*4-10H,1-3H3,(H2,25,28)(H,29,30)/t2*10-/m10/s1. The number of rotatable bonds is 10. The van der Waals surface area contributed by atoms with Gasteiger partial charge in [-0.3, -0.25) is 29.1 Å². The average molecular weight is 856 g/mol. The minimum Gasteiger partial charge on any atom is -0.481 e. The van der Waals surface area contributed by atoms with Crippen molar-refractivity contribution in [3.63, 3.8) is 0 Å². The van der Waals surface area contributed by atoms with Crippen LogP contribution in [0.1, 0.15) is 80.6 Å². The first kappa shape index (κ1) is 44.5. The number of carbonyl (C=O) groups is 4. The highest BCUT2D eigenvalue weighted by Gasteiger charge is 2.21. The van der Waals surface area contributed by atoms with E-state index in [1.807, 2.05) is 0 Å². The first-order valence-electron chi connectivity index (χ1n) is 18.1. The number of primary amides is 2. The fourth-order valence-corrected chi connectivity index (χ4v) is 6.94. The van der Waals surface area contributed by atoms with Gasteiger partial charge in [0.2, 0.25) is 0 Å². The lowest BCUT2D eigenvalue weighted by Gasteiger charge is -2.13. The van der Waals surface area contributed by atoms with Crippen LogP contribution in [0.25, 0.3) is 44.8 Å². The minimum absolute atomic E-state index is 0.0336. The van der Waals surface area contributed by atoms with Crippen molar-refractivity contribution in [2.24, 2.45) is 11.5 Å². The second-order valence-corrected chi connectivity index (χ2v) is 14.7. The minimum atomic E-state index is -0.973. The van der Waals surface area contributed by atoms with Gasteiger partial charge >= 0.3 is 11.9 Å². The number of aliphatic carboxylic acids is 2. The quantitative estimate of drug-likeness (QED) is 0.103. The summed E-state index contributed by atoms with van der Waals surface area (Å²) in [6.45, 7) is 9.79. The summed E-state index contributed by atoms with van der Waals surface area (Å²) < 4.78 is 29.9. The average Bonchev–Trinajstić information content (AvgIpc) is 3.17. The van der Waals surface area contributed by atoms with Crippen molar-refractivity contribution in [3.8, 4) is 44.8 Å². The fraction of sp³-hybridized carbons (Fsp3) is 0.182. The molecular weight excluding hydrogens is 817 g/mol. The Hall–Kier alpha value is -6.64. The zero-order valence-electron chi connectivity index (χ0n) is 33.1. The van der Waals surface area contributed by atoms with Crippen LogP contribution in [0.15, 0.2) is 72.8 Å². The van der Waals surface area contributed by atoms with Crippen LogP contribution in [0.4, 0.5) is 8.78 Å².